The predicted octanol–water partition coefficient (Wildman–Crippen LogP) is 4.26. The summed E-state index contributed by atoms with van der Waals surface area (Å²) in [5.74, 6) is 0. The zero-order valence-electron chi connectivity index (χ0n) is 13.2. The van der Waals surface area contributed by atoms with Gasteiger partial charge < -0.3 is 5.32 Å². The van der Waals surface area contributed by atoms with Gasteiger partial charge in [-0.3, -0.25) is 4.68 Å². The number of halogens is 1. The van der Waals surface area contributed by atoms with Crippen molar-refractivity contribution in [2.75, 3.05) is 6.54 Å². The van der Waals surface area contributed by atoms with Gasteiger partial charge in [-0.05, 0) is 47.4 Å². The summed E-state index contributed by atoms with van der Waals surface area (Å²) in [6, 6.07) is 4.87. The molecule has 0 saturated carbocycles. The highest BCUT2D eigenvalue weighted by molar-refractivity contribution is 9.10. The Bertz CT molecular complexity index is 588. The molecule has 0 fully saturated rings. The van der Waals surface area contributed by atoms with Crippen molar-refractivity contribution < 1.29 is 0 Å². The molecule has 0 radical (unpaired) electrons. The standard InChI is InChI=1S/C16H24BrN3S/c1-5-11-8-9-15(21-11)13(18-7-3)10-14-16(17)12(6-2)19-20(14)4/h8-9,13,18H,5-7,10H2,1-4H3. The van der Waals surface area contributed by atoms with Gasteiger partial charge in [0.05, 0.1) is 15.9 Å². The molecular weight excluding hydrogens is 346 g/mol. The second kappa shape index (κ2) is 7.56. The normalized spacial score (nSPS) is 12.8. The molecule has 0 bridgehead atoms. The first-order chi connectivity index (χ1) is 10.1. The lowest BCUT2D eigenvalue weighted by molar-refractivity contribution is 0.535. The van der Waals surface area contributed by atoms with E-state index >= 15 is 0 Å². The third kappa shape index (κ3) is 3.76. The molecule has 2 aromatic rings. The van der Waals surface area contributed by atoms with Crippen LogP contribution in [0.25, 0.3) is 0 Å². The number of aromatic nitrogens is 2. The molecule has 2 aromatic heterocycles. The summed E-state index contributed by atoms with van der Waals surface area (Å²) in [7, 11) is 2.04. The topological polar surface area (TPSA) is 29.9 Å². The van der Waals surface area contributed by atoms with E-state index in [2.05, 4.69) is 59.2 Å². The molecule has 5 heteroatoms. The molecule has 2 heterocycles. The van der Waals surface area contributed by atoms with Crippen molar-refractivity contribution in [1.29, 1.82) is 0 Å². The van der Waals surface area contributed by atoms with Crippen molar-refractivity contribution in [3.63, 3.8) is 0 Å². The predicted molar refractivity (Wildman–Crippen MR) is 94.1 cm³/mol. The number of likely N-dealkylation sites (N-methyl/N-ethyl adjacent to an activating group) is 1. The molecule has 0 aromatic carbocycles. The summed E-state index contributed by atoms with van der Waals surface area (Å²) in [5, 5.41) is 8.22. The molecule has 0 aliphatic heterocycles. The molecule has 1 N–H and O–H groups in total. The molecule has 21 heavy (non-hydrogen) atoms. The van der Waals surface area contributed by atoms with Gasteiger partial charge >= 0.3 is 0 Å². The quantitative estimate of drug-likeness (QED) is 0.789. The number of rotatable bonds is 7. The Kier molecular flexibility index (Phi) is 6.02. The van der Waals surface area contributed by atoms with E-state index in [-0.39, 0.29) is 0 Å². The molecule has 2 rings (SSSR count). The van der Waals surface area contributed by atoms with E-state index in [0.29, 0.717) is 6.04 Å². The van der Waals surface area contributed by atoms with E-state index in [0.717, 1.165) is 31.5 Å². The van der Waals surface area contributed by atoms with E-state index in [9.17, 15) is 0 Å². The summed E-state index contributed by atoms with van der Waals surface area (Å²) in [6.45, 7) is 7.49. The molecule has 0 spiro atoms. The average molecular weight is 370 g/mol. The Morgan fingerprint density at radius 2 is 2.05 bits per heavy atom. The van der Waals surface area contributed by atoms with Crippen molar-refractivity contribution in [2.24, 2.45) is 7.05 Å². The fourth-order valence-electron chi connectivity index (χ4n) is 2.53. The Balaban J connectivity index is 2.26. The minimum atomic E-state index is 0.358. The molecule has 116 valence electrons. The Labute approximate surface area is 139 Å². The van der Waals surface area contributed by atoms with E-state index < -0.39 is 0 Å². The number of aryl methyl sites for hydroxylation is 3. The number of nitrogens with zero attached hydrogens (tertiary/aromatic N) is 2. The van der Waals surface area contributed by atoms with E-state index in [1.54, 1.807) is 0 Å². The molecule has 3 nitrogen and oxygen atoms in total. The van der Waals surface area contributed by atoms with E-state index in [1.165, 1.54) is 19.9 Å². The van der Waals surface area contributed by atoms with Crippen LogP contribution in [0.2, 0.25) is 0 Å². The molecule has 0 amide bonds. The van der Waals surface area contributed by atoms with Gasteiger partial charge in [-0.25, -0.2) is 0 Å². The minimum Gasteiger partial charge on any atom is -0.309 e. The maximum Gasteiger partial charge on any atom is 0.0766 e. The number of thiophene rings is 1. The van der Waals surface area contributed by atoms with Crippen molar-refractivity contribution in [3.05, 3.63) is 37.7 Å². The first-order valence-electron chi connectivity index (χ1n) is 7.62. The van der Waals surface area contributed by atoms with Crippen LogP contribution in [0.3, 0.4) is 0 Å². The summed E-state index contributed by atoms with van der Waals surface area (Å²) in [4.78, 5) is 2.87. The lowest BCUT2D eigenvalue weighted by atomic mass is 10.1. The minimum absolute atomic E-state index is 0.358. The van der Waals surface area contributed by atoms with Gasteiger partial charge in [0.15, 0.2) is 0 Å². The maximum atomic E-state index is 4.60. The van der Waals surface area contributed by atoms with Crippen LogP contribution in [0, 0.1) is 0 Å². The summed E-state index contributed by atoms with van der Waals surface area (Å²) >= 11 is 5.64. The molecule has 0 aliphatic rings. The fourth-order valence-corrected chi connectivity index (χ4v) is 4.33. The van der Waals surface area contributed by atoms with Crippen molar-refractivity contribution >= 4 is 27.3 Å². The van der Waals surface area contributed by atoms with Crippen molar-refractivity contribution in [2.45, 2.75) is 46.1 Å². The van der Waals surface area contributed by atoms with E-state index in [1.807, 2.05) is 23.1 Å². The SMILES string of the molecule is CCNC(Cc1c(Br)c(CC)nn1C)c1ccc(CC)s1. The summed E-state index contributed by atoms with van der Waals surface area (Å²) in [6.07, 6.45) is 3.03. The lowest BCUT2D eigenvalue weighted by Gasteiger charge is -2.17. The van der Waals surface area contributed by atoms with Gasteiger partial charge in [0.25, 0.3) is 0 Å². The monoisotopic (exact) mass is 369 g/mol. The van der Waals surface area contributed by atoms with Gasteiger partial charge in [-0.15, -0.1) is 11.3 Å². The second-order valence-corrected chi connectivity index (χ2v) is 7.15. The zero-order valence-corrected chi connectivity index (χ0v) is 15.6. The van der Waals surface area contributed by atoms with Crippen molar-refractivity contribution in [1.82, 2.24) is 15.1 Å². The summed E-state index contributed by atoms with van der Waals surface area (Å²) in [5.41, 5.74) is 2.41. The van der Waals surface area contributed by atoms with Crippen LogP contribution >= 0.6 is 27.3 Å². The van der Waals surface area contributed by atoms with Gasteiger partial charge in [0.1, 0.15) is 0 Å². The van der Waals surface area contributed by atoms with Crippen LogP contribution < -0.4 is 5.32 Å². The smallest absolute Gasteiger partial charge is 0.0766 e. The molecule has 1 unspecified atom stereocenters. The molecule has 0 aliphatic carbocycles. The third-order valence-electron chi connectivity index (χ3n) is 3.73. The second-order valence-electron chi connectivity index (χ2n) is 5.16. The Hall–Kier alpha value is -0.650. The van der Waals surface area contributed by atoms with Gasteiger partial charge in [0.2, 0.25) is 0 Å². The average Bonchev–Trinajstić information content (AvgIpc) is 3.05. The number of nitrogens with one attached hydrogen (secondary N) is 1. The maximum absolute atomic E-state index is 4.60. The van der Waals surface area contributed by atoms with E-state index in [4.69, 9.17) is 0 Å². The van der Waals surface area contributed by atoms with Gasteiger partial charge in [-0.2, -0.15) is 5.10 Å². The van der Waals surface area contributed by atoms with Crippen LogP contribution in [-0.4, -0.2) is 16.3 Å². The summed E-state index contributed by atoms with van der Waals surface area (Å²) < 4.78 is 3.18. The highest BCUT2D eigenvalue weighted by Gasteiger charge is 2.19. The molecule has 1 atom stereocenters. The largest absolute Gasteiger partial charge is 0.309 e. The third-order valence-corrected chi connectivity index (χ3v) is 5.98. The van der Waals surface area contributed by atoms with Crippen LogP contribution in [0.1, 0.15) is 48.0 Å². The number of hydrogen-bond acceptors (Lipinski definition) is 3. The van der Waals surface area contributed by atoms with Gasteiger partial charge in [0, 0.05) is 29.3 Å². The molecule has 0 saturated heterocycles. The van der Waals surface area contributed by atoms with Crippen LogP contribution in [0.5, 0.6) is 0 Å². The Morgan fingerprint density at radius 1 is 1.29 bits per heavy atom. The molecular formula is C16H24BrN3S. The first kappa shape index (κ1) is 16.7. The fraction of sp³-hybridized carbons (Fsp3) is 0.562. The Morgan fingerprint density at radius 3 is 2.57 bits per heavy atom. The van der Waals surface area contributed by atoms with Crippen LogP contribution in [-0.2, 0) is 26.3 Å². The van der Waals surface area contributed by atoms with Gasteiger partial charge in [-0.1, -0.05) is 20.8 Å². The number of hydrogen-bond donors (Lipinski definition) is 1. The van der Waals surface area contributed by atoms with Crippen LogP contribution in [0.4, 0.5) is 0 Å². The highest BCUT2D eigenvalue weighted by Crippen LogP contribution is 2.30. The zero-order chi connectivity index (χ0) is 15.4. The lowest BCUT2D eigenvalue weighted by Crippen LogP contribution is -2.23. The highest BCUT2D eigenvalue weighted by atomic mass is 79.9. The van der Waals surface area contributed by atoms with Crippen molar-refractivity contribution in [3.8, 4) is 0 Å². The first-order valence-corrected chi connectivity index (χ1v) is 9.23. The van der Waals surface area contributed by atoms with Crippen LogP contribution in [0.15, 0.2) is 16.6 Å².